The van der Waals surface area contributed by atoms with E-state index >= 15 is 0 Å². The summed E-state index contributed by atoms with van der Waals surface area (Å²) in [5, 5.41) is 0. The van der Waals surface area contributed by atoms with Gasteiger partial charge in [-0.2, -0.15) is 0 Å². The molecule has 16 heavy (non-hydrogen) atoms. The molecule has 0 aliphatic carbocycles. The summed E-state index contributed by atoms with van der Waals surface area (Å²) in [6, 6.07) is 0. The van der Waals surface area contributed by atoms with Gasteiger partial charge in [-0.1, -0.05) is 58.1 Å². The number of hydrogen-bond donors (Lipinski definition) is 0. The number of Topliss-reactive ketones (excluding diaryl/α,β-unsaturated/α-hetero) is 1. The summed E-state index contributed by atoms with van der Waals surface area (Å²) in [5.74, 6) is 0.563. The first-order valence-corrected chi connectivity index (χ1v) is 6.85. The van der Waals surface area contributed by atoms with Crippen LogP contribution < -0.4 is 0 Å². The molecule has 0 amide bonds. The zero-order chi connectivity index (χ0) is 12.4. The summed E-state index contributed by atoms with van der Waals surface area (Å²) in [4.78, 5) is 11.9. The van der Waals surface area contributed by atoms with Gasteiger partial charge in [-0.15, -0.1) is 0 Å². The van der Waals surface area contributed by atoms with Gasteiger partial charge in [0.1, 0.15) is 5.78 Å². The molecule has 0 spiro atoms. The molecule has 0 N–H and O–H groups in total. The van der Waals surface area contributed by atoms with E-state index in [-0.39, 0.29) is 5.92 Å². The van der Waals surface area contributed by atoms with E-state index in [0.29, 0.717) is 5.78 Å². The van der Waals surface area contributed by atoms with Gasteiger partial charge in [0.25, 0.3) is 0 Å². The standard InChI is InChI=1S/C15H28O/c1-5-8-9-10-11-12-15(16)13(4)14(6-2)7-3/h6,13H,5,7-12H2,1-4H3/b14-6+. The maximum Gasteiger partial charge on any atom is 0.139 e. The molecule has 1 nitrogen and oxygen atoms in total. The molecule has 1 unspecified atom stereocenters. The van der Waals surface area contributed by atoms with Gasteiger partial charge in [0.05, 0.1) is 0 Å². The molecule has 94 valence electrons. The molecule has 0 aromatic carbocycles. The monoisotopic (exact) mass is 224 g/mol. The van der Waals surface area contributed by atoms with Crippen LogP contribution in [0.3, 0.4) is 0 Å². The Morgan fingerprint density at radius 1 is 1.12 bits per heavy atom. The van der Waals surface area contributed by atoms with Crippen LogP contribution in [0.1, 0.15) is 72.6 Å². The Bertz CT molecular complexity index is 215. The van der Waals surface area contributed by atoms with Crippen molar-refractivity contribution in [2.45, 2.75) is 72.6 Å². The molecule has 0 aliphatic rings. The lowest BCUT2D eigenvalue weighted by Gasteiger charge is -2.13. The second kappa shape index (κ2) is 9.62. The average molecular weight is 224 g/mol. The van der Waals surface area contributed by atoms with Crippen molar-refractivity contribution in [1.29, 1.82) is 0 Å². The van der Waals surface area contributed by atoms with Crippen molar-refractivity contribution < 1.29 is 4.79 Å². The molecule has 0 radical (unpaired) electrons. The van der Waals surface area contributed by atoms with Crippen molar-refractivity contribution in [3.8, 4) is 0 Å². The number of allylic oxidation sites excluding steroid dienone is 2. The largest absolute Gasteiger partial charge is 0.299 e. The van der Waals surface area contributed by atoms with E-state index in [4.69, 9.17) is 0 Å². The third-order valence-corrected chi connectivity index (χ3v) is 3.34. The molecule has 1 atom stereocenters. The molecule has 0 aromatic heterocycles. The lowest BCUT2D eigenvalue weighted by Crippen LogP contribution is -2.13. The maximum absolute atomic E-state index is 11.9. The number of carbonyl (C=O) groups excluding carboxylic acids is 1. The van der Waals surface area contributed by atoms with E-state index in [0.717, 1.165) is 19.3 Å². The fourth-order valence-electron chi connectivity index (χ4n) is 2.09. The van der Waals surface area contributed by atoms with Crippen LogP contribution in [-0.4, -0.2) is 5.78 Å². The van der Waals surface area contributed by atoms with Crippen molar-refractivity contribution in [2.75, 3.05) is 0 Å². The highest BCUT2D eigenvalue weighted by molar-refractivity contribution is 5.83. The Hall–Kier alpha value is -0.590. The summed E-state index contributed by atoms with van der Waals surface area (Å²) in [6.45, 7) is 8.42. The topological polar surface area (TPSA) is 17.1 Å². The highest BCUT2D eigenvalue weighted by Crippen LogP contribution is 2.18. The summed E-state index contributed by atoms with van der Waals surface area (Å²) in [6.07, 6.45) is 10.00. The van der Waals surface area contributed by atoms with E-state index in [1.54, 1.807) is 0 Å². The lowest BCUT2D eigenvalue weighted by atomic mass is 9.91. The fourth-order valence-corrected chi connectivity index (χ4v) is 2.09. The SMILES string of the molecule is C/C=C(\CC)C(C)C(=O)CCCCCCC. The van der Waals surface area contributed by atoms with Crippen molar-refractivity contribution in [2.24, 2.45) is 5.92 Å². The van der Waals surface area contributed by atoms with Gasteiger partial charge in [0.15, 0.2) is 0 Å². The molecule has 0 saturated carbocycles. The van der Waals surface area contributed by atoms with Crippen LogP contribution in [0.15, 0.2) is 11.6 Å². The zero-order valence-corrected chi connectivity index (χ0v) is 11.5. The van der Waals surface area contributed by atoms with Crippen molar-refractivity contribution >= 4 is 5.78 Å². The van der Waals surface area contributed by atoms with Gasteiger partial charge in [-0.25, -0.2) is 0 Å². The van der Waals surface area contributed by atoms with Gasteiger partial charge in [0.2, 0.25) is 0 Å². The summed E-state index contributed by atoms with van der Waals surface area (Å²) < 4.78 is 0. The van der Waals surface area contributed by atoms with Crippen LogP contribution in [0.5, 0.6) is 0 Å². The minimum absolute atomic E-state index is 0.140. The lowest BCUT2D eigenvalue weighted by molar-refractivity contribution is -0.121. The quantitative estimate of drug-likeness (QED) is 0.402. The first kappa shape index (κ1) is 15.4. The number of carbonyl (C=O) groups is 1. The first-order chi connectivity index (χ1) is 7.67. The van der Waals surface area contributed by atoms with Gasteiger partial charge in [-0.05, 0) is 19.8 Å². The minimum atomic E-state index is 0.140. The predicted octanol–water partition coefficient (Wildman–Crippen LogP) is 4.91. The summed E-state index contributed by atoms with van der Waals surface area (Å²) in [7, 11) is 0. The number of rotatable bonds is 9. The number of ketones is 1. The molecule has 0 aliphatic heterocycles. The summed E-state index contributed by atoms with van der Waals surface area (Å²) in [5.41, 5.74) is 1.29. The summed E-state index contributed by atoms with van der Waals surface area (Å²) >= 11 is 0. The zero-order valence-electron chi connectivity index (χ0n) is 11.5. The minimum Gasteiger partial charge on any atom is -0.299 e. The molecule has 0 saturated heterocycles. The van der Waals surface area contributed by atoms with Crippen molar-refractivity contribution in [3.05, 3.63) is 11.6 Å². The van der Waals surface area contributed by atoms with Gasteiger partial charge < -0.3 is 0 Å². The Morgan fingerprint density at radius 2 is 1.75 bits per heavy atom. The Kier molecular flexibility index (Phi) is 9.27. The number of unbranched alkanes of at least 4 members (excludes halogenated alkanes) is 4. The Labute approximate surface area is 101 Å². The van der Waals surface area contributed by atoms with Crippen molar-refractivity contribution in [3.63, 3.8) is 0 Å². The average Bonchev–Trinajstić information content (AvgIpc) is 2.30. The second-order valence-electron chi connectivity index (χ2n) is 4.57. The molecule has 0 rings (SSSR count). The fraction of sp³-hybridized carbons (Fsp3) is 0.800. The van der Waals surface area contributed by atoms with Crippen LogP contribution in [-0.2, 0) is 4.79 Å². The Morgan fingerprint density at radius 3 is 2.25 bits per heavy atom. The normalized spacial score (nSPS) is 13.9. The van der Waals surface area contributed by atoms with Crippen LogP contribution in [0, 0.1) is 5.92 Å². The Balaban J connectivity index is 3.79. The van der Waals surface area contributed by atoms with Gasteiger partial charge >= 0.3 is 0 Å². The predicted molar refractivity (Wildman–Crippen MR) is 71.6 cm³/mol. The van der Waals surface area contributed by atoms with Gasteiger partial charge in [-0.3, -0.25) is 4.79 Å². The molecular weight excluding hydrogens is 196 g/mol. The molecular formula is C15H28O. The van der Waals surface area contributed by atoms with E-state index in [9.17, 15) is 4.79 Å². The second-order valence-corrected chi connectivity index (χ2v) is 4.57. The third-order valence-electron chi connectivity index (χ3n) is 3.34. The van der Waals surface area contributed by atoms with E-state index in [1.807, 2.05) is 13.8 Å². The van der Waals surface area contributed by atoms with Gasteiger partial charge in [0, 0.05) is 12.3 Å². The molecule has 1 heteroatoms. The molecule has 0 aromatic rings. The highest BCUT2D eigenvalue weighted by Gasteiger charge is 2.14. The maximum atomic E-state index is 11.9. The highest BCUT2D eigenvalue weighted by atomic mass is 16.1. The first-order valence-electron chi connectivity index (χ1n) is 6.85. The number of hydrogen-bond acceptors (Lipinski definition) is 1. The smallest absolute Gasteiger partial charge is 0.139 e. The van der Waals surface area contributed by atoms with Crippen LogP contribution in [0.4, 0.5) is 0 Å². The third kappa shape index (κ3) is 6.09. The molecule has 0 heterocycles. The van der Waals surface area contributed by atoms with Crippen molar-refractivity contribution in [1.82, 2.24) is 0 Å². The van der Waals surface area contributed by atoms with E-state index in [1.165, 1.54) is 31.3 Å². The van der Waals surface area contributed by atoms with Crippen LogP contribution in [0.2, 0.25) is 0 Å². The van der Waals surface area contributed by atoms with E-state index in [2.05, 4.69) is 19.9 Å². The van der Waals surface area contributed by atoms with Crippen LogP contribution >= 0.6 is 0 Å². The van der Waals surface area contributed by atoms with Crippen LogP contribution in [0.25, 0.3) is 0 Å². The molecule has 0 fully saturated rings. The molecule has 0 bridgehead atoms. The van der Waals surface area contributed by atoms with E-state index < -0.39 is 0 Å².